The minimum absolute atomic E-state index is 0.0412. The molecule has 1 N–H and O–H groups in total. The summed E-state index contributed by atoms with van der Waals surface area (Å²) in [6.07, 6.45) is 2.97. The van der Waals surface area contributed by atoms with Crippen LogP contribution in [0.1, 0.15) is 11.7 Å². The van der Waals surface area contributed by atoms with Gasteiger partial charge in [-0.05, 0) is 5.56 Å². The zero-order valence-electron chi connectivity index (χ0n) is 12.6. The van der Waals surface area contributed by atoms with Gasteiger partial charge >= 0.3 is 0 Å². The molecule has 116 valence electrons. The van der Waals surface area contributed by atoms with E-state index < -0.39 is 6.10 Å². The molecule has 1 amide bonds. The first-order chi connectivity index (χ1) is 10.6. The average Bonchev–Trinajstić information content (AvgIpc) is 2.94. The third-order valence-electron chi connectivity index (χ3n) is 3.92. The first kappa shape index (κ1) is 14.7. The molecule has 1 aliphatic heterocycles. The van der Waals surface area contributed by atoms with Crippen molar-refractivity contribution in [2.45, 2.75) is 6.10 Å². The Hall–Kier alpha value is -2.18. The highest BCUT2D eigenvalue weighted by atomic mass is 16.3. The number of aliphatic hydroxyl groups is 1. The molecule has 0 saturated carbocycles. The van der Waals surface area contributed by atoms with E-state index in [9.17, 15) is 9.90 Å². The molecule has 1 aliphatic rings. The van der Waals surface area contributed by atoms with Gasteiger partial charge in [-0.15, -0.1) is 0 Å². The average molecular weight is 300 g/mol. The second kappa shape index (κ2) is 6.29. The molecule has 0 spiro atoms. The molecule has 1 aromatic heterocycles. The highest BCUT2D eigenvalue weighted by Gasteiger charge is 2.27. The van der Waals surface area contributed by atoms with Gasteiger partial charge in [-0.1, -0.05) is 30.3 Å². The van der Waals surface area contributed by atoms with Crippen molar-refractivity contribution in [2.24, 2.45) is 7.05 Å². The van der Waals surface area contributed by atoms with Gasteiger partial charge in [-0.25, -0.2) is 0 Å². The van der Waals surface area contributed by atoms with Crippen LogP contribution >= 0.6 is 0 Å². The van der Waals surface area contributed by atoms with Gasteiger partial charge in [0.1, 0.15) is 0 Å². The smallest absolute Gasteiger partial charge is 0.241 e. The van der Waals surface area contributed by atoms with Gasteiger partial charge in [0.2, 0.25) is 5.91 Å². The SMILES string of the molecule is Cn1cc(N2CCN(CC(O)c3ccccc3)CC2=O)cn1. The molecule has 1 saturated heterocycles. The van der Waals surface area contributed by atoms with Crippen LogP contribution in [0.25, 0.3) is 0 Å². The van der Waals surface area contributed by atoms with E-state index in [2.05, 4.69) is 5.10 Å². The Bertz CT molecular complexity index is 641. The van der Waals surface area contributed by atoms with Gasteiger partial charge in [0.15, 0.2) is 0 Å². The summed E-state index contributed by atoms with van der Waals surface area (Å²) in [6, 6.07) is 9.54. The Morgan fingerprint density at radius 2 is 2.05 bits per heavy atom. The van der Waals surface area contributed by atoms with Gasteiger partial charge in [-0.3, -0.25) is 14.4 Å². The fourth-order valence-corrected chi connectivity index (χ4v) is 2.72. The molecule has 1 atom stereocenters. The highest BCUT2D eigenvalue weighted by molar-refractivity contribution is 5.95. The number of anilines is 1. The zero-order valence-corrected chi connectivity index (χ0v) is 12.6. The molecule has 22 heavy (non-hydrogen) atoms. The summed E-state index contributed by atoms with van der Waals surface area (Å²) in [5, 5.41) is 14.4. The molecule has 1 unspecified atom stereocenters. The van der Waals surface area contributed by atoms with Crippen molar-refractivity contribution in [3.63, 3.8) is 0 Å². The number of amides is 1. The summed E-state index contributed by atoms with van der Waals surface area (Å²) in [4.78, 5) is 16.0. The largest absolute Gasteiger partial charge is 0.387 e. The number of hydrogen-bond acceptors (Lipinski definition) is 4. The van der Waals surface area contributed by atoms with Crippen molar-refractivity contribution in [1.29, 1.82) is 0 Å². The number of β-amino-alcohol motifs (C(OH)–C–C–N with tert-alkyl or cyclic N) is 1. The summed E-state index contributed by atoms with van der Waals surface area (Å²) in [7, 11) is 1.83. The minimum Gasteiger partial charge on any atom is -0.387 e. The summed E-state index contributed by atoms with van der Waals surface area (Å²) in [5.74, 6) is 0.0412. The van der Waals surface area contributed by atoms with Crippen molar-refractivity contribution in [1.82, 2.24) is 14.7 Å². The quantitative estimate of drug-likeness (QED) is 0.907. The van der Waals surface area contributed by atoms with Gasteiger partial charge in [0.25, 0.3) is 0 Å². The van der Waals surface area contributed by atoms with Crippen LogP contribution in [0.15, 0.2) is 42.7 Å². The van der Waals surface area contributed by atoms with E-state index in [4.69, 9.17) is 0 Å². The van der Waals surface area contributed by atoms with Crippen LogP contribution in [-0.4, -0.2) is 51.9 Å². The van der Waals surface area contributed by atoms with Crippen LogP contribution in [0.5, 0.6) is 0 Å². The van der Waals surface area contributed by atoms with E-state index in [1.807, 2.05) is 48.5 Å². The molecule has 1 fully saturated rings. The predicted octanol–water partition coefficient (Wildman–Crippen LogP) is 0.802. The maximum absolute atomic E-state index is 12.3. The van der Waals surface area contributed by atoms with Crippen LogP contribution in [-0.2, 0) is 11.8 Å². The van der Waals surface area contributed by atoms with Crippen molar-refractivity contribution < 1.29 is 9.90 Å². The predicted molar refractivity (Wildman–Crippen MR) is 83.4 cm³/mol. The Kier molecular flexibility index (Phi) is 4.22. The third kappa shape index (κ3) is 3.18. The number of rotatable bonds is 4. The Labute approximate surface area is 129 Å². The maximum Gasteiger partial charge on any atom is 0.241 e. The van der Waals surface area contributed by atoms with E-state index >= 15 is 0 Å². The molecule has 6 heteroatoms. The Balaban J connectivity index is 1.59. The Morgan fingerprint density at radius 3 is 2.68 bits per heavy atom. The van der Waals surface area contributed by atoms with Gasteiger partial charge in [-0.2, -0.15) is 5.10 Å². The lowest BCUT2D eigenvalue weighted by Gasteiger charge is -2.34. The lowest BCUT2D eigenvalue weighted by atomic mass is 10.1. The first-order valence-corrected chi connectivity index (χ1v) is 7.38. The van der Waals surface area contributed by atoms with Crippen LogP contribution in [0.2, 0.25) is 0 Å². The summed E-state index contributed by atoms with van der Waals surface area (Å²) < 4.78 is 1.69. The number of benzene rings is 1. The maximum atomic E-state index is 12.3. The monoisotopic (exact) mass is 300 g/mol. The molecule has 1 aromatic carbocycles. The van der Waals surface area contributed by atoms with Gasteiger partial charge < -0.3 is 10.0 Å². The number of carbonyl (C=O) groups is 1. The number of aromatic nitrogens is 2. The molecule has 3 rings (SSSR count). The fourth-order valence-electron chi connectivity index (χ4n) is 2.72. The highest BCUT2D eigenvalue weighted by Crippen LogP contribution is 2.18. The standard InChI is InChI=1S/C16H20N4O2/c1-18-10-14(9-17-18)20-8-7-19(12-16(20)22)11-15(21)13-5-3-2-4-6-13/h2-6,9-10,15,21H,7-8,11-12H2,1H3. The van der Waals surface area contributed by atoms with Gasteiger partial charge in [0, 0.05) is 32.9 Å². The number of hydrogen-bond donors (Lipinski definition) is 1. The van der Waals surface area contributed by atoms with Crippen molar-refractivity contribution in [3.05, 3.63) is 48.3 Å². The molecular weight excluding hydrogens is 280 g/mol. The minimum atomic E-state index is -0.570. The molecular formula is C16H20N4O2. The number of carbonyl (C=O) groups excluding carboxylic acids is 1. The molecule has 0 aliphatic carbocycles. The molecule has 0 radical (unpaired) electrons. The zero-order chi connectivity index (χ0) is 15.5. The molecule has 6 nitrogen and oxygen atoms in total. The topological polar surface area (TPSA) is 61.6 Å². The number of aliphatic hydroxyl groups excluding tert-OH is 1. The van der Waals surface area contributed by atoms with Crippen molar-refractivity contribution in [2.75, 3.05) is 31.1 Å². The molecule has 2 heterocycles. The lowest BCUT2D eigenvalue weighted by molar-refractivity contribution is -0.121. The molecule has 0 bridgehead atoms. The second-order valence-corrected chi connectivity index (χ2v) is 5.58. The number of nitrogens with zero attached hydrogens (tertiary/aromatic N) is 4. The lowest BCUT2D eigenvalue weighted by Crippen LogP contribution is -2.51. The van der Waals surface area contributed by atoms with Crippen LogP contribution in [0.4, 0.5) is 5.69 Å². The summed E-state index contributed by atoms with van der Waals surface area (Å²) in [5.41, 5.74) is 1.71. The summed E-state index contributed by atoms with van der Waals surface area (Å²) in [6.45, 7) is 2.14. The number of aryl methyl sites for hydroxylation is 1. The van der Waals surface area contributed by atoms with Crippen molar-refractivity contribution in [3.8, 4) is 0 Å². The van der Waals surface area contributed by atoms with E-state index in [0.717, 1.165) is 17.8 Å². The van der Waals surface area contributed by atoms with Crippen LogP contribution in [0, 0.1) is 0 Å². The van der Waals surface area contributed by atoms with Gasteiger partial charge in [0.05, 0.1) is 24.5 Å². The summed E-state index contributed by atoms with van der Waals surface area (Å²) >= 11 is 0. The normalized spacial score (nSPS) is 17.7. The van der Waals surface area contributed by atoms with Crippen LogP contribution < -0.4 is 4.90 Å². The Morgan fingerprint density at radius 1 is 1.27 bits per heavy atom. The van der Waals surface area contributed by atoms with E-state index in [-0.39, 0.29) is 5.91 Å². The van der Waals surface area contributed by atoms with Crippen molar-refractivity contribution >= 4 is 11.6 Å². The third-order valence-corrected chi connectivity index (χ3v) is 3.92. The first-order valence-electron chi connectivity index (χ1n) is 7.38. The molecule has 2 aromatic rings. The van der Waals surface area contributed by atoms with E-state index in [0.29, 0.717) is 19.6 Å². The number of piperazine rings is 1. The van der Waals surface area contributed by atoms with E-state index in [1.54, 1.807) is 15.8 Å². The van der Waals surface area contributed by atoms with E-state index in [1.165, 1.54) is 0 Å². The second-order valence-electron chi connectivity index (χ2n) is 5.58. The fraction of sp³-hybridized carbons (Fsp3) is 0.375. The van der Waals surface area contributed by atoms with Crippen LogP contribution in [0.3, 0.4) is 0 Å².